The van der Waals surface area contributed by atoms with E-state index in [4.69, 9.17) is 0 Å². The van der Waals surface area contributed by atoms with Crippen molar-refractivity contribution in [2.45, 2.75) is 12.8 Å². The Morgan fingerprint density at radius 2 is 2.23 bits per heavy atom. The monoisotopic (exact) mass is 175 g/mol. The zero-order valence-corrected chi connectivity index (χ0v) is 7.71. The van der Waals surface area contributed by atoms with Gasteiger partial charge in [0, 0.05) is 24.6 Å². The average Bonchev–Trinajstić information content (AvgIpc) is 2.01. The Kier molecular flexibility index (Phi) is 2.15. The van der Waals surface area contributed by atoms with E-state index in [0.29, 0.717) is 5.92 Å². The van der Waals surface area contributed by atoms with Crippen LogP contribution in [0.3, 0.4) is 0 Å². The van der Waals surface area contributed by atoms with Gasteiger partial charge in [0.15, 0.2) is 5.78 Å². The first-order chi connectivity index (χ1) is 6.27. The van der Waals surface area contributed by atoms with Crippen molar-refractivity contribution >= 4 is 5.78 Å². The number of carbonyl (C=O) groups excluding carboxylic acids is 1. The normalized spacial score (nSPS) is 16.7. The Morgan fingerprint density at radius 3 is 2.77 bits per heavy atom. The molecule has 1 saturated heterocycles. The van der Waals surface area contributed by atoms with E-state index in [9.17, 15) is 4.79 Å². The summed E-state index contributed by atoms with van der Waals surface area (Å²) in [5.74, 6) is 0.758. The molecule has 0 atom stereocenters. The smallest absolute Gasteiger partial charge is 0.159 e. The van der Waals surface area contributed by atoms with Gasteiger partial charge in [-0.05, 0) is 18.6 Å². The second-order valence-corrected chi connectivity index (χ2v) is 3.54. The topological polar surface area (TPSA) is 29.1 Å². The quantitative estimate of drug-likeness (QED) is 0.691. The molecule has 1 heterocycles. The lowest BCUT2D eigenvalue weighted by molar-refractivity contribution is 0.101. The maximum Gasteiger partial charge on any atom is 0.159 e. The number of rotatable bonds is 2. The van der Waals surface area contributed by atoms with Gasteiger partial charge in [-0.2, -0.15) is 0 Å². The molecule has 1 fully saturated rings. The molecule has 0 amide bonds. The second-order valence-electron chi connectivity index (χ2n) is 3.54. The van der Waals surface area contributed by atoms with E-state index in [1.165, 1.54) is 5.56 Å². The number of ketones is 1. The summed E-state index contributed by atoms with van der Waals surface area (Å²) in [6.45, 7) is 3.70. The SMILES string of the molecule is CC(=O)c1cccc(C2CNC2)c1. The lowest BCUT2D eigenvalue weighted by Gasteiger charge is -2.27. The van der Waals surface area contributed by atoms with E-state index in [2.05, 4.69) is 11.4 Å². The van der Waals surface area contributed by atoms with Crippen LogP contribution in [-0.4, -0.2) is 18.9 Å². The third-order valence-electron chi connectivity index (χ3n) is 2.55. The highest BCUT2D eigenvalue weighted by Crippen LogP contribution is 2.20. The van der Waals surface area contributed by atoms with Crippen molar-refractivity contribution in [3.05, 3.63) is 35.4 Å². The first-order valence-electron chi connectivity index (χ1n) is 4.59. The number of hydrogen-bond acceptors (Lipinski definition) is 2. The third-order valence-corrected chi connectivity index (χ3v) is 2.55. The summed E-state index contributed by atoms with van der Waals surface area (Å²) in [6, 6.07) is 7.94. The van der Waals surface area contributed by atoms with Crippen molar-refractivity contribution in [1.29, 1.82) is 0 Å². The molecule has 0 unspecified atom stereocenters. The summed E-state index contributed by atoms with van der Waals surface area (Å²) in [5, 5.41) is 3.22. The molecule has 1 aromatic rings. The van der Waals surface area contributed by atoms with Crippen LogP contribution in [0.15, 0.2) is 24.3 Å². The Balaban J connectivity index is 2.26. The molecule has 0 radical (unpaired) electrons. The second kappa shape index (κ2) is 3.30. The van der Waals surface area contributed by atoms with Crippen LogP contribution in [0.4, 0.5) is 0 Å². The molecule has 1 N–H and O–H groups in total. The van der Waals surface area contributed by atoms with Gasteiger partial charge in [0.05, 0.1) is 0 Å². The van der Waals surface area contributed by atoms with Crippen molar-refractivity contribution in [3.8, 4) is 0 Å². The largest absolute Gasteiger partial charge is 0.315 e. The molecule has 0 aliphatic carbocycles. The van der Waals surface area contributed by atoms with Crippen LogP contribution in [0.5, 0.6) is 0 Å². The molecular formula is C11H13NO. The maximum atomic E-state index is 11.1. The van der Waals surface area contributed by atoms with Gasteiger partial charge in [-0.25, -0.2) is 0 Å². The molecule has 0 saturated carbocycles. The van der Waals surface area contributed by atoms with Gasteiger partial charge in [0.1, 0.15) is 0 Å². The van der Waals surface area contributed by atoms with Crippen molar-refractivity contribution in [1.82, 2.24) is 5.32 Å². The lowest BCUT2D eigenvalue weighted by atomic mass is 9.92. The number of hydrogen-bond donors (Lipinski definition) is 1. The Labute approximate surface area is 78.0 Å². The van der Waals surface area contributed by atoms with Crippen molar-refractivity contribution in [2.24, 2.45) is 0 Å². The number of carbonyl (C=O) groups is 1. The Hall–Kier alpha value is -1.15. The number of nitrogens with one attached hydrogen (secondary N) is 1. The van der Waals surface area contributed by atoms with Crippen LogP contribution in [0.25, 0.3) is 0 Å². The minimum atomic E-state index is 0.147. The van der Waals surface area contributed by atoms with E-state index in [0.717, 1.165) is 18.7 Å². The fraction of sp³-hybridized carbons (Fsp3) is 0.364. The number of Topliss-reactive ketones (excluding diaryl/α,β-unsaturated/α-hetero) is 1. The minimum Gasteiger partial charge on any atom is -0.315 e. The molecule has 68 valence electrons. The third kappa shape index (κ3) is 1.63. The lowest BCUT2D eigenvalue weighted by Crippen LogP contribution is -2.39. The summed E-state index contributed by atoms with van der Waals surface area (Å²) >= 11 is 0. The van der Waals surface area contributed by atoms with Crippen molar-refractivity contribution in [2.75, 3.05) is 13.1 Å². The summed E-state index contributed by atoms with van der Waals surface area (Å²) in [6.07, 6.45) is 0. The van der Waals surface area contributed by atoms with Gasteiger partial charge in [0.25, 0.3) is 0 Å². The van der Waals surface area contributed by atoms with Crippen LogP contribution in [-0.2, 0) is 0 Å². The summed E-state index contributed by atoms with van der Waals surface area (Å²) in [4.78, 5) is 11.1. The van der Waals surface area contributed by atoms with Crippen LogP contribution in [0, 0.1) is 0 Å². The molecule has 0 bridgehead atoms. The van der Waals surface area contributed by atoms with E-state index >= 15 is 0 Å². The zero-order valence-electron chi connectivity index (χ0n) is 7.71. The van der Waals surface area contributed by atoms with Crippen LogP contribution in [0.1, 0.15) is 28.8 Å². The van der Waals surface area contributed by atoms with E-state index in [1.54, 1.807) is 6.92 Å². The Morgan fingerprint density at radius 1 is 1.46 bits per heavy atom. The molecule has 2 heteroatoms. The van der Waals surface area contributed by atoms with Crippen molar-refractivity contribution < 1.29 is 4.79 Å². The van der Waals surface area contributed by atoms with Crippen molar-refractivity contribution in [3.63, 3.8) is 0 Å². The van der Waals surface area contributed by atoms with Crippen LogP contribution >= 0.6 is 0 Å². The zero-order chi connectivity index (χ0) is 9.26. The standard InChI is InChI=1S/C11H13NO/c1-8(13)9-3-2-4-10(5-9)11-6-12-7-11/h2-5,11-12H,6-7H2,1H3. The Bertz CT molecular complexity index is 329. The molecule has 1 aliphatic heterocycles. The average molecular weight is 175 g/mol. The molecule has 1 aromatic carbocycles. The van der Waals surface area contributed by atoms with E-state index in [-0.39, 0.29) is 5.78 Å². The van der Waals surface area contributed by atoms with Gasteiger partial charge in [-0.3, -0.25) is 4.79 Å². The van der Waals surface area contributed by atoms with E-state index < -0.39 is 0 Å². The van der Waals surface area contributed by atoms with Gasteiger partial charge in [-0.15, -0.1) is 0 Å². The molecule has 13 heavy (non-hydrogen) atoms. The highest BCUT2D eigenvalue weighted by molar-refractivity contribution is 5.94. The first kappa shape index (κ1) is 8.45. The van der Waals surface area contributed by atoms with Gasteiger partial charge < -0.3 is 5.32 Å². The number of benzene rings is 1. The van der Waals surface area contributed by atoms with E-state index in [1.807, 2.05) is 18.2 Å². The minimum absolute atomic E-state index is 0.147. The molecular weight excluding hydrogens is 162 g/mol. The highest BCUT2D eigenvalue weighted by Gasteiger charge is 2.18. The molecule has 2 rings (SSSR count). The maximum absolute atomic E-state index is 11.1. The molecule has 2 nitrogen and oxygen atoms in total. The fourth-order valence-electron chi connectivity index (χ4n) is 1.54. The van der Waals surface area contributed by atoms with Gasteiger partial charge in [0.2, 0.25) is 0 Å². The summed E-state index contributed by atoms with van der Waals surface area (Å²) in [5.41, 5.74) is 2.11. The van der Waals surface area contributed by atoms with Crippen LogP contribution < -0.4 is 5.32 Å². The highest BCUT2D eigenvalue weighted by atomic mass is 16.1. The predicted molar refractivity (Wildman–Crippen MR) is 52.1 cm³/mol. The molecule has 0 spiro atoms. The summed E-state index contributed by atoms with van der Waals surface area (Å²) in [7, 11) is 0. The fourth-order valence-corrected chi connectivity index (χ4v) is 1.54. The van der Waals surface area contributed by atoms with Gasteiger partial charge in [-0.1, -0.05) is 18.2 Å². The predicted octanol–water partition coefficient (Wildman–Crippen LogP) is 1.58. The molecule has 1 aliphatic rings. The summed E-state index contributed by atoms with van der Waals surface area (Å²) < 4.78 is 0. The van der Waals surface area contributed by atoms with Crippen LogP contribution in [0.2, 0.25) is 0 Å². The first-order valence-corrected chi connectivity index (χ1v) is 4.59. The van der Waals surface area contributed by atoms with Gasteiger partial charge >= 0.3 is 0 Å². The molecule has 0 aromatic heterocycles.